The molecule has 1 aliphatic heterocycles. The molecule has 0 spiro atoms. The zero-order valence-corrected chi connectivity index (χ0v) is 12.3. The molecule has 21 heavy (non-hydrogen) atoms. The molecular formula is C13H16FNO5S. The molecule has 1 N–H and O–H groups in total. The van der Waals surface area contributed by atoms with Gasteiger partial charge in [0.25, 0.3) is 10.1 Å². The first-order chi connectivity index (χ1) is 9.76. The summed E-state index contributed by atoms with van der Waals surface area (Å²) >= 11 is 0. The Bertz CT molecular complexity index is 638. The van der Waals surface area contributed by atoms with Gasteiger partial charge in [-0.15, -0.1) is 0 Å². The van der Waals surface area contributed by atoms with Gasteiger partial charge in [0.2, 0.25) is 0 Å². The van der Waals surface area contributed by atoms with Crippen LogP contribution in [0.5, 0.6) is 0 Å². The van der Waals surface area contributed by atoms with Crippen LogP contribution in [-0.2, 0) is 14.3 Å². The van der Waals surface area contributed by atoms with Gasteiger partial charge >= 0.3 is 5.97 Å². The van der Waals surface area contributed by atoms with Crippen LogP contribution in [0.1, 0.15) is 23.2 Å². The summed E-state index contributed by atoms with van der Waals surface area (Å²) < 4.78 is 41.0. The van der Waals surface area contributed by atoms with Crippen molar-refractivity contribution in [2.45, 2.75) is 18.9 Å². The second-order valence-electron chi connectivity index (χ2n) is 4.96. The van der Waals surface area contributed by atoms with Crippen molar-refractivity contribution in [1.29, 1.82) is 0 Å². The molecule has 0 saturated carbocycles. The zero-order chi connectivity index (χ0) is 15.6. The average Bonchev–Trinajstić information content (AvgIpc) is 2.38. The molecule has 0 bridgehead atoms. The topological polar surface area (TPSA) is 83.9 Å². The number of hydrogen-bond donors (Lipinski definition) is 1. The second-order valence-corrected chi connectivity index (χ2v) is 6.56. The first-order valence-electron chi connectivity index (χ1n) is 6.42. The molecule has 0 aliphatic carbocycles. The Morgan fingerprint density at radius 2 is 2.00 bits per heavy atom. The van der Waals surface area contributed by atoms with Crippen LogP contribution < -0.4 is 4.90 Å². The highest BCUT2D eigenvalue weighted by Gasteiger charge is 2.24. The van der Waals surface area contributed by atoms with E-state index < -0.39 is 28.0 Å². The summed E-state index contributed by atoms with van der Waals surface area (Å²) in [6.45, 7) is 0.896. The monoisotopic (exact) mass is 317 g/mol. The molecule has 1 aromatic carbocycles. The minimum Gasteiger partial charge on any atom is -0.478 e. The molecule has 1 fully saturated rings. The number of aromatic carboxylic acids is 1. The lowest BCUT2D eigenvalue weighted by atomic mass is 10.1. The van der Waals surface area contributed by atoms with Gasteiger partial charge in [0.1, 0.15) is 5.82 Å². The normalized spacial score (nSPS) is 17.0. The van der Waals surface area contributed by atoms with Crippen LogP contribution in [0, 0.1) is 5.82 Å². The number of carbonyl (C=O) groups is 1. The van der Waals surface area contributed by atoms with E-state index in [0.29, 0.717) is 31.6 Å². The molecule has 0 amide bonds. The highest BCUT2D eigenvalue weighted by Crippen LogP contribution is 2.25. The predicted octanol–water partition coefficient (Wildman–Crippen LogP) is 1.47. The first kappa shape index (κ1) is 15.7. The maximum absolute atomic E-state index is 13.9. The molecule has 1 heterocycles. The summed E-state index contributed by atoms with van der Waals surface area (Å²) in [6.07, 6.45) is 1.54. The summed E-state index contributed by atoms with van der Waals surface area (Å²) in [6, 6.07) is 3.76. The van der Waals surface area contributed by atoms with E-state index in [0.717, 1.165) is 12.3 Å². The number of hydrogen-bond acceptors (Lipinski definition) is 5. The highest BCUT2D eigenvalue weighted by atomic mass is 32.2. The lowest BCUT2D eigenvalue weighted by Crippen LogP contribution is -2.38. The molecule has 0 unspecified atom stereocenters. The van der Waals surface area contributed by atoms with E-state index in [2.05, 4.69) is 0 Å². The van der Waals surface area contributed by atoms with Crippen LogP contribution in [0.3, 0.4) is 0 Å². The number of rotatable bonds is 4. The van der Waals surface area contributed by atoms with Gasteiger partial charge in [-0.2, -0.15) is 8.42 Å². The largest absolute Gasteiger partial charge is 0.478 e. The standard InChI is InChI=1S/C13H16FNO5S/c1-21(18,19)20-10-4-6-15(7-5-10)12-3-2-9(13(16)17)8-11(12)14/h2-3,8,10H,4-7H2,1H3,(H,16,17). The van der Waals surface area contributed by atoms with Crippen molar-refractivity contribution in [3.63, 3.8) is 0 Å². The van der Waals surface area contributed by atoms with E-state index in [9.17, 15) is 17.6 Å². The Morgan fingerprint density at radius 1 is 1.38 bits per heavy atom. The minimum atomic E-state index is -3.49. The second kappa shape index (κ2) is 5.98. The summed E-state index contributed by atoms with van der Waals surface area (Å²) in [4.78, 5) is 12.5. The molecule has 1 aromatic rings. The van der Waals surface area contributed by atoms with Crippen molar-refractivity contribution >= 4 is 21.8 Å². The van der Waals surface area contributed by atoms with Gasteiger partial charge in [0, 0.05) is 13.1 Å². The Labute approximate surface area is 122 Å². The van der Waals surface area contributed by atoms with E-state index >= 15 is 0 Å². The summed E-state index contributed by atoms with van der Waals surface area (Å²) in [5, 5.41) is 8.80. The molecule has 0 radical (unpaired) electrons. The fraction of sp³-hybridized carbons (Fsp3) is 0.462. The molecule has 0 atom stereocenters. The van der Waals surface area contributed by atoms with Crippen LogP contribution >= 0.6 is 0 Å². The maximum Gasteiger partial charge on any atom is 0.335 e. The molecular weight excluding hydrogens is 301 g/mol. The molecule has 1 saturated heterocycles. The zero-order valence-electron chi connectivity index (χ0n) is 11.5. The number of piperidine rings is 1. The van der Waals surface area contributed by atoms with E-state index in [1.165, 1.54) is 12.1 Å². The van der Waals surface area contributed by atoms with Crippen LogP contribution in [0.15, 0.2) is 18.2 Å². The van der Waals surface area contributed by atoms with Crippen LogP contribution in [0.2, 0.25) is 0 Å². The van der Waals surface area contributed by atoms with Crippen molar-refractivity contribution in [1.82, 2.24) is 0 Å². The fourth-order valence-electron chi connectivity index (χ4n) is 2.34. The van der Waals surface area contributed by atoms with Gasteiger partial charge in [0.05, 0.1) is 23.6 Å². The molecule has 1 aliphatic rings. The van der Waals surface area contributed by atoms with Crippen molar-refractivity contribution in [2.75, 3.05) is 24.2 Å². The summed E-state index contributed by atoms with van der Waals surface area (Å²) in [5.74, 6) is -1.78. The Balaban J connectivity index is 2.04. The average molecular weight is 317 g/mol. The fourth-order valence-corrected chi connectivity index (χ4v) is 3.02. The number of nitrogens with zero attached hydrogens (tertiary/aromatic N) is 1. The van der Waals surface area contributed by atoms with Crippen LogP contribution in [0.4, 0.5) is 10.1 Å². The van der Waals surface area contributed by atoms with E-state index in [4.69, 9.17) is 9.29 Å². The summed E-state index contributed by atoms with van der Waals surface area (Å²) in [5.41, 5.74) is 0.212. The van der Waals surface area contributed by atoms with Gasteiger partial charge < -0.3 is 10.0 Å². The third kappa shape index (κ3) is 4.15. The van der Waals surface area contributed by atoms with Crippen LogP contribution in [0.25, 0.3) is 0 Å². The maximum atomic E-state index is 13.9. The van der Waals surface area contributed by atoms with Crippen molar-refractivity contribution < 1.29 is 26.9 Å². The van der Waals surface area contributed by atoms with E-state index in [1.54, 1.807) is 4.90 Å². The van der Waals surface area contributed by atoms with Gasteiger partial charge in [-0.25, -0.2) is 9.18 Å². The molecule has 0 aromatic heterocycles. The molecule has 116 valence electrons. The lowest BCUT2D eigenvalue weighted by Gasteiger charge is -2.33. The Kier molecular flexibility index (Phi) is 4.48. The third-order valence-corrected chi connectivity index (χ3v) is 3.91. The third-order valence-electron chi connectivity index (χ3n) is 3.29. The van der Waals surface area contributed by atoms with Gasteiger partial charge in [-0.3, -0.25) is 4.18 Å². The van der Waals surface area contributed by atoms with Crippen LogP contribution in [-0.4, -0.2) is 44.9 Å². The lowest BCUT2D eigenvalue weighted by molar-refractivity contribution is 0.0696. The van der Waals surface area contributed by atoms with E-state index in [-0.39, 0.29) is 5.56 Å². The minimum absolute atomic E-state index is 0.105. The summed E-state index contributed by atoms with van der Waals surface area (Å²) in [7, 11) is -3.49. The first-order valence-corrected chi connectivity index (χ1v) is 8.24. The number of carboxylic acid groups (broad SMARTS) is 1. The number of anilines is 1. The van der Waals surface area contributed by atoms with Gasteiger partial charge in [-0.1, -0.05) is 0 Å². The molecule has 8 heteroatoms. The Morgan fingerprint density at radius 3 is 2.48 bits per heavy atom. The molecule has 2 rings (SSSR count). The molecule has 6 nitrogen and oxygen atoms in total. The highest BCUT2D eigenvalue weighted by molar-refractivity contribution is 7.86. The van der Waals surface area contributed by atoms with Gasteiger partial charge in [0.15, 0.2) is 0 Å². The quantitative estimate of drug-likeness (QED) is 0.847. The SMILES string of the molecule is CS(=O)(=O)OC1CCN(c2ccc(C(=O)O)cc2F)CC1. The number of carboxylic acids is 1. The predicted molar refractivity (Wildman–Crippen MR) is 74.5 cm³/mol. The van der Waals surface area contributed by atoms with Crippen molar-refractivity contribution in [2.24, 2.45) is 0 Å². The van der Waals surface area contributed by atoms with Crippen molar-refractivity contribution in [3.8, 4) is 0 Å². The van der Waals surface area contributed by atoms with Crippen molar-refractivity contribution in [3.05, 3.63) is 29.6 Å². The van der Waals surface area contributed by atoms with Gasteiger partial charge in [-0.05, 0) is 31.0 Å². The number of halogens is 1. The van der Waals surface area contributed by atoms with E-state index in [1.807, 2.05) is 0 Å². The number of benzene rings is 1. The smallest absolute Gasteiger partial charge is 0.335 e. The Hall–Kier alpha value is -1.67.